The fourth-order valence-corrected chi connectivity index (χ4v) is 2.78. The Morgan fingerprint density at radius 1 is 1.21 bits per heavy atom. The highest BCUT2D eigenvalue weighted by Crippen LogP contribution is 2.19. The van der Waals surface area contributed by atoms with Crippen molar-refractivity contribution in [3.8, 4) is 5.75 Å². The highest BCUT2D eigenvalue weighted by molar-refractivity contribution is 5.95. The van der Waals surface area contributed by atoms with E-state index in [9.17, 15) is 9.59 Å². The zero-order valence-electron chi connectivity index (χ0n) is 16.6. The number of benzene rings is 1. The maximum absolute atomic E-state index is 12.9. The monoisotopic (exact) mass is 384 g/mol. The fraction of sp³-hybridized carbons (Fsp3) is 0.381. The number of carbonyl (C=O) groups excluding carboxylic acids is 2. The predicted octanol–water partition coefficient (Wildman–Crippen LogP) is 2.61. The van der Waals surface area contributed by atoms with Crippen molar-refractivity contribution >= 4 is 17.5 Å². The lowest BCUT2D eigenvalue weighted by Gasteiger charge is -2.26. The van der Waals surface area contributed by atoms with Gasteiger partial charge in [0.25, 0.3) is 5.91 Å². The maximum Gasteiger partial charge on any atom is 0.254 e. The summed E-state index contributed by atoms with van der Waals surface area (Å²) in [7, 11) is 0. The van der Waals surface area contributed by atoms with Crippen molar-refractivity contribution in [1.29, 1.82) is 0 Å². The predicted molar refractivity (Wildman–Crippen MR) is 109 cm³/mol. The Morgan fingerprint density at radius 3 is 2.57 bits per heavy atom. The smallest absolute Gasteiger partial charge is 0.254 e. The van der Waals surface area contributed by atoms with Crippen LogP contribution in [0.15, 0.2) is 42.7 Å². The van der Waals surface area contributed by atoms with E-state index in [0.717, 1.165) is 11.3 Å². The maximum atomic E-state index is 12.9. The first kappa shape index (κ1) is 21.2. The SMILES string of the molecule is Cc1cc(OCCNc2ccncc2)cc(C(=O)N(CCC(N)=O)C(C)C)c1. The van der Waals surface area contributed by atoms with Gasteiger partial charge >= 0.3 is 0 Å². The molecule has 3 N–H and O–H groups in total. The molecule has 7 nitrogen and oxygen atoms in total. The molecule has 1 aromatic carbocycles. The third-order valence-corrected chi connectivity index (χ3v) is 4.16. The standard InChI is InChI=1S/C21H28N4O3/c1-15(2)25(10-6-20(22)26)21(27)17-12-16(3)13-19(14-17)28-11-9-24-18-4-7-23-8-5-18/h4-5,7-8,12-15H,6,9-11H2,1-3H3,(H2,22,26)(H,23,24). The van der Waals surface area contributed by atoms with E-state index in [4.69, 9.17) is 10.5 Å². The van der Waals surface area contributed by atoms with Crippen LogP contribution in [0.5, 0.6) is 5.75 Å². The van der Waals surface area contributed by atoms with Crippen LogP contribution in [0, 0.1) is 6.92 Å². The zero-order chi connectivity index (χ0) is 20.5. The Bertz CT molecular complexity index is 793. The Labute approximate surface area is 165 Å². The van der Waals surface area contributed by atoms with E-state index in [1.54, 1.807) is 23.4 Å². The molecule has 150 valence electrons. The third-order valence-electron chi connectivity index (χ3n) is 4.16. The van der Waals surface area contributed by atoms with Crippen LogP contribution >= 0.6 is 0 Å². The number of pyridine rings is 1. The van der Waals surface area contributed by atoms with Gasteiger partial charge in [-0.15, -0.1) is 0 Å². The molecule has 0 aliphatic heterocycles. The zero-order valence-corrected chi connectivity index (χ0v) is 16.6. The summed E-state index contributed by atoms with van der Waals surface area (Å²) in [4.78, 5) is 29.6. The molecule has 0 atom stereocenters. The van der Waals surface area contributed by atoms with Crippen molar-refractivity contribution in [2.24, 2.45) is 5.73 Å². The minimum Gasteiger partial charge on any atom is -0.492 e. The second kappa shape index (κ2) is 10.3. The number of primary amides is 1. The van der Waals surface area contributed by atoms with Crippen LogP contribution in [0.25, 0.3) is 0 Å². The van der Waals surface area contributed by atoms with Crippen LogP contribution in [0.2, 0.25) is 0 Å². The largest absolute Gasteiger partial charge is 0.492 e. The van der Waals surface area contributed by atoms with Crippen molar-refractivity contribution in [3.05, 3.63) is 53.9 Å². The van der Waals surface area contributed by atoms with Crippen LogP contribution in [-0.4, -0.2) is 47.4 Å². The van der Waals surface area contributed by atoms with Gasteiger partial charge in [0, 0.05) is 49.2 Å². The number of anilines is 1. The average molecular weight is 384 g/mol. The van der Waals surface area contributed by atoms with Crippen molar-refractivity contribution < 1.29 is 14.3 Å². The van der Waals surface area contributed by atoms with E-state index in [0.29, 0.717) is 31.0 Å². The lowest BCUT2D eigenvalue weighted by molar-refractivity contribution is -0.118. The Morgan fingerprint density at radius 2 is 1.93 bits per heavy atom. The summed E-state index contributed by atoms with van der Waals surface area (Å²) in [5.74, 6) is 0.0756. The van der Waals surface area contributed by atoms with E-state index < -0.39 is 5.91 Å². The molecule has 0 fully saturated rings. The Kier molecular flexibility index (Phi) is 7.80. The molecule has 0 saturated carbocycles. The molecule has 2 amide bonds. The molecular weight excluding hydrogens is 356 g/mol. The molecule has 0 aliphatic carbocycles. The molecular formula is C21H28N4O3. The molecule has 7 heteroatoms. The van der Waals surface area contributed by atoms with Crippen molar-refractivity contribution in [1.82, 2.24) is 9.88 Å². The number of hydrogen-bond donors (Lipinski definition) is 2. The van der Waals surface area contributed by atoms with Gasteiger partial charge in [0.1, 0.15) is 12.4 Å². The number of rotatable bonds is 10. The molecule has 28 heavy (non-hydrogen) atoms. The number of ether oxygens (including phenoxy) is 1. The Balaban J connectivity index is 2.00. The van der Waals surface area contributed by atoms with Gasteiger partial charge in [0.2, 0.25) is 5.91 Å². The lowest BCUT2D eigenvalue weighted by Crippen LogP contribution is -2.39. The average Bonchev–Trinajstić information content (AvgIpc) is 2.65. The molecule has 0 radical (unpaired) electrons. The highest BCUT2D eigenvalue weighted by Gasteiger charge is 2.20. The van der Waals surface area contributed by atoms with Gasteiger partial charge in [0.15, 0.2) is 0 Å². The van der Waals surface area contributed by atoms with Gasteiger partial charge in [-0.25, -0.2) is 0 Å². The highest BCUT2D eigenvalue weighted by atomic mass is 16.5. The van der Waals surface area contributed by atoms with Gasteiger partial charge in [-0.2, -0.15) is 0 Å². The third kappa shape index (κ3) is 6.57. The van der Waals surface area contributed by atoms with Crippen molar-refractivity contribution in [2.75, 3.05) is 25.0 Å². The number of nitrogens with two attached hydrogens (primary N) is 1. The number of nitrogens with zero attached hydrogens (tertiary/aromatic N) is 2. The molecule has 2 aromatic rings. The van der Waals surface area contributed by atoms with Crippen LogP contribution in [-0.2, 0) is 4.79 Å². The summed E-state index contributed by atoms with van der Waals surface area (Å²) in [6, 6.07) is 9.19. The first-order chi connectivity index (χ1) is 13.4. The number of hydrogen-bond acceptors (Lipinski definition) is 5. The summed E-state index contributed by atoms with van der Waals surface area (Å²) in [5, 5.41) is 3.24. The number of amides is 2. The van der Waals surface area contributed by atoms with Crippen molar-refractivity contribution in [3.63, 3.8) is 0 Å². The van der Waals surface area contributed by atoms with E-state index in [1.807, 2.05) is 45.0 Å². The molecule has 0 saturated heterocycles. The van der Waals surface area contributed by atoms with E-state index in [-0.39, 0.29) is 18.4 Å². The summed E-state index contributed by atoms with van der Waals surface area (Å²) >= 11 is 0. The molecule has 0 spiro atoms. The lowest BCUT2D eigenvalue weighted by atomic mass is 10.1. The van der Waals surface area contributed by atoms with Gasteiger partial charge in [-0.05, 0) is 56.7 Å². The van der Waals surface area contributed by atoms with Crippen LogP contribution in [0.4, 0.5) is 5.69 Å². The van der Waals surface area contributed by atoms with Gasteiger partial charge in [-0.1, -0.05) is 0 Å². The topological polar surface area (TPSA) is 97.6 Å². The van der Waals surface area contributed by atoms with Gasteiger partial charge < -0.3 is 20.7 Å². The van der Waals surface area contributed by atoms with E-state index in [2.05, 4.69) is 10.3 Å². The second-order valence-electron chi connectivity index (χ2n) is 6.85. The molecule has 0 bridgehead atoms. The molecule has 1 heterocycles. The van der Waals surface area contributed by atoms with Gasteiger partial charge in [0.05, 0.1) is 0 Å². The number of aryl methyl sites for hydroxylation is 1. The summed E-state index contributed by atoms with van der Waals surface area (Å²) in [5.41, 5.74) is 7.67. The fourth-order valence-electron chi connectivity index (χ4n) is 2.78. The minimum atomic E-state index is -0.423. The summed E-state index contributed by atoms with van der Waals surface area (Å²) < 4.78 is 5.81. The Hall–Kier alpha value is -3.09. The van der Waals surface area contributed by atoms with Crippen molar-refractivity contribution in [2.45, 2.75) is 33.2 Å². The van der Waals surface area contributed by atoms with Crippen LogP contribution in [0.3, 0.4) is 0 Å². The van der Waals surface area contributed by atoms with Crippen LogP contribution < -0.4 is 15.8 Å². The normalized spacial score (nSPS) is 10.6. The molecule has 2 rings (SSSR count). The second-order valence-corrected chi connectivity index (χ2v) is 6.85. The van der Waals surface area contributed by atoms with Gasteiger partial charge in [-0.3, -0.25) is 14.6 Å². The number of aromatic nitrogens is 1. The van der Waals surface area contributed by atoms with E-state index >= 15 is 0 Å². The first-order valence-corrected chi connectivity index (χ1v) is 9.34. The summed E-state index contributed by atoms with van der Waals surface area (Å²) in [6.07, 6.45) is 3.58. The summed E-state index contributed by atoms with van der Waals surface area (Å²) in [6.45, 7) is 7.12. The molecule has 0 unspecified atom stereocenters. The quantitative estimate of drug-likeness (QED) is 0.614. The first-order valence-electron chi connectivity index (χ1n) is 9.34. The molecule has 0 aliphatic rings. The van der Waals surface area contributed by atoms with Crippen LogP contribution in [0.1, 0.15) is 36.2 Å². The molecule has 1 aromatic heterocycles. The minimum absolute atomic E-state index is 0.0405. The number of nitrogens with one attached hydrogen (secondary N) is 1. The number of carbonyl (C=O) groups is 2. The van der Waals surface area contributed by atoms with E-state index in [1.165, 1.54) is 0 Å².